The highest BCUT2D eigenvalue weighted by Gasteiger charge is 2.18. The Morgan fingerprint density at radius 2 is 2.08 bits per heavy atom. The van der Waals surface area contributed by atoms with Crippen LogP contribution in [0.5, 0.6) is 0 Å². The number of benzene rings is 1. The van der Waals surface area contributed by atoms with Crippen molar-refractivity contribution in [3.8, 4) is 10.6 Å². The van der Waals surface area contributed by atoms with Gasteiger partial charge in [-0.3, -0.25) is 4.79 Å². The maximum atomic E-state index is 13.9. The molecule has 0 bridgehead atoms. The number of amides is 1. The lowest BCUT2D eigenvalue weighted by Gasteiger charge is -2.07. The van der Waals surface area contributed by atoms with Crippen LogP contribution in [0.3, 0.4) is 0 Å². The third kappa shape index (κ3) is 2.99. The molecule has 4 aromatic rings. The molecule has 4 rings (SSSR count). The largest absolute Gasteiger partial charge is 0.317 e. The fourth-order valence-electron chi connectivity index (χ4n) is 2.46. The van der Waals surface area contributed by atoms with Gasteiger partial charge in [-0.2, -0.15) is 5.10 Å². The summed E-state index contributed by atoms with van der Waals surface area (Å²) in [7, 11) is 0. The van der Waals surface area contributed by atoms with Crippen LogP contribution < -0.4 is 5.32 Å². The number of hydrogen-bond donors (Lipinski definition) is 1. The summed E-state index contributed by atoms with van der Waals surface area (Å²) in [5, 5.41) is 8.63. The summed E-state index contributed by atoms with van der Waals surface area (Å²) < 4.78 is 28.8. The SMILES string of the molecule is O=C(Nc1c(F)cc(F)cc1Br)c1cc2nccc(-c3cccs3)n2n1. The molecule has 0 saturated heterocycles. The van der Waals surface area contributed by atoms with Gasteiger partial charge in [0.1, 0.15) is 5.82 Å². The quantitative estimate of drug-likeness (QED) is 0.505. The summed E-state index contributed by atoms with van der Waals surface area (Å²) in [6.07, 6.45) is 1.63. The van der Waals surface area contributed by atoms with Crippen LogP contribution in [-0.2, 0) is 0 Å². The molecule has 0 radical (unpaired) electrons. The minimum Gasteiger partial charge on any atom is -0.317 e. The first-order valence-electron chi connectivity index (χ1n) is 7.37. The summed E-state index contributed by atoms with van der Waals surface area (Å²) in [5.41, 5.74) is 1.19. The topological polar surface area (TPSA) is 59.3 Å². The Bertz CT molecular complexity index is 1100. The number of carbonyl (C=O) groups excluding carboxylic acids is 1. The third-order valence-electron chi connectivity index (χ3n) is 3.61. The molecule has 0 fully saturated rings. The molecule has 1 amide bonds. The number of fused-ring (bicyclic) bond motifs is 1. The van der Waals surface area contributed by atoms with Gasteiger partial charge in [0.25, 0.3) is 5.91 Å². The molecule has 9 heteroatoms. The Labute approximate surface area is 158 Å². The van der Waals surface area contributed by atoms with Gasteiger partial charge in [0.2, 0.25) is 0 Å². The fourth-order valence-corrected chi connectivity index (χ4v) is 3.70. The Morgan fingerprint density at radius 3 is 2.81 bits per heavy atom. The van der Waals surface area contributed by atoms with Crippen molar-refractivity contribution >= 4 is 44.5 Å². The van der Waals surface area contributed by atoms with Gasteiger partial charge in [-0.15, -0.1) is 11.3 Å². The maximum absolute atomic E-state index is 13.9. The van der Waals surface area contributed by atoms with E-state index in [2.05, 4.69) is 31.3 Å². The van der Waals surface area contributed by atoms with Crippen molar-refractivity contribution in [2.24, 2.45) is 0 Å². The third-order valence-corrected chi connectivity index (χ3v) is 5.13. The van der Waals surface area contributed by atoms with E-state index >= 15 is 0 Å². The Kier molecular flexibility index (Phi) is 4.25. The molecule has 26 heavy (non-hydrogen) atoms. The number of hydrogen-bond acceptors (Lipinski definition) is 4. The van der Waals surface area contributed by atoms with Gasteiger partial charge in [-0.05, 0) is 39.5 Å². The van der Waals surface area contributed by atoms with Crippen molar-refractivity contribution < 1.29 is 13.6 Å². The minimum atomic E-state index is -0.883. The second-order valence-corrected chi connectivity index (χ2v) is 7.11. The molecule has 0 aliphatic heterocycles. The van der Waals surface area contributed by atoms with Crippen LogP contribution in [0.1, 0.15) is 10.5 Å². The molecule has 0 unspecified atom stereocenters. The number of halogens is 3. The van der Waals surface area contributed by atoms with E-state index in [1.54, 1.807) is 16.8 Å². The molecule has 1 N–H and O–H groups in total. The average Bonchev–Trinajstić information content (AvgIpc) is 3.26. The number of nitrogens with one attached hydrogen (secondary N) is 1. The predicted octanol–water partition coefficient (Wildman–Crippen LogP) is 4.75. The molecule has 1 aromatic carbocycles. The van der Waals surface area contributed by atoms with Gasteiger partial charge in [-0.25, -0.2) is 18.3 Å². The van der Waals surface area contributed by atoms with Crippen molar-refractivity contribution in [3.05, 3.63) is 69.8 Å². The van der Waals surface area contributed by atoms with Gasteiger partial charge in [-0.1, -0.05) is 6.07 Å². The lowest BCUT2D eigenvalue weighted by atomic mass is 10.3. The van der Waals surface area contributed by atoms with E-state index in [9.17, 15) is 13.6 Å². The van der Waals surface area contributed by atoms with Gasteiger partial charge >= 0.3 is 0 Å². The van der Waals surface area contributed by atoms with Crippen LogP contribution in [0, 0.1) is 11.6 Å². The van der Waals surface area contributed by atoms with Crippen molar-refractivity contribution in [3.63, 3.8) is 0 Å². The number of carbonyl (C=O) groups is 1. The molecule has 0 spiro atoms. The number of aromatic nitrogens is 3. The number of nitrogens with zero attached hydrogens (tertiary/aromatic N) is 3. The number of anilines is 1. The molecule has 130 valence electrons. The minimum absolute atomic E-state index is 0.0668. The summed E-state index contributed by atoms with van der Waals surface area (Å²) in [6.45, 7) is 0. The lowest BCUT2D eigenvalue weighted by Crippen LogP contribution is -2.14. The van der Waals surface area contributed by atoms with Crippen molar-refractivity contribution in [2.75, 3.05) is 5.32 Å². The lowest BCUT2D eigenvalue weighted by molar-refractivity contribution is 0.102. The number of rotatable bonds is 3. The molecule has 0 saturated carbocycles. The molecule has 0 aliphatic carbocycles. The zero-order valence-electron chi connectivity index (χ0n) is 12.9. The molecular formula is C17H9BrF2N4OS. The van der Waals surface area contributed by atoms with Gasteiger partial charge in [0.05, 0.1) is 16.3 Å². The van der Waals surface area contributed by atoms with Crippen LogP contribution in [0.4, 0.5) is 14.5 Å². The van der Waals surface area contributed by atoms with Gasteiger partial charge in [0.15, 0.2) is 17.2 Å². The first-order chi connectivity index (χ1) is 12.5. The molecule has 5 nitrogen and oxygen atoms in total. The second-order valence-electron chi connectivity index (χ2n) is 5.31. The van der Waals surface area contributed by atoms with Crippen LogP contribution in [-0.4, -0.2) is 20.5 Å². The predicted molar refractivity (Wildman–Crippen MR) is 98.3 cm³/mol. The van der Waals surface area contributed by atoms with Crippen LogP contribution in [0.2, 0.25) is 0 Å². The highest BCUT2D eigenvalue weighted by atomic mass is 79.9. The van der Waals surface area contributed by atoms with E-state index in [0.29, 0.717) is 11.7 Å². The summed E-state index contributed by atoms with van der Waals surface area (Å²) >= 11 is 4.58. The summed E-state index contributed by atoms with van der Waals surface area (Å²) in [6, 6.07) is 8.91. The van der Waals surface area contributed by atoms with E-state index in [1.165, 1.54) is 17.4 Å². The number of thiophene rings is 1. The normalized spacial score (nSPS) is 11.0. The molecule has 3 aromatic heterocycles. The van der Waals surface area contributed by atoms with Gasteiger partial charge < -0.3 is 5.32 Å². The summed E-state index contributed by atoms with van der Waals surface area (Å²) in [5.74, 6) is -2.25. The van der Waals surface area contributed by atoms with E-state index in [0.717, 1.165) is 16.6 Å². The first kappa shape index (κ1) is 16.8. The Morgan fingerprint density at radius 1 is 1.23 bits per heavy atom. The summed E-state index contributed by atoms with van der Waals surface area (Å²) in [4.78, 5) is 17.7. The average molecular weight is 435 g/mol. The molecule has 0 atom stereocenters. The van der Waals surface area contributed by atoms with Crippen LogP contribution in [0.15, 0.2) is 52.4 Å². The van der Waals surface area contributed by atoms with E-state index < -0.39 is 17.5 Å². The zero-order chi connectivity index (χ0) is 18.3. The fraction of sp³-hybridized carbons (Fsp3) is 0. The van der Waals surface area contributed by atoms with Crippen LogP contribution in [0.25, 0.3) is 16.2 Å². The van der Waals surface area contributed by atoms with E-state index in [-0.39, 0.29) is 15.9 Å². The van der Waals surface area contributed by atoms with Gasteiger partial charge in [0, 0.05) is 22.8 Å². The monoisotopic (exact) mass is 434 g/mol. The molecule has 3 heterocycles. The second kappa shape index (κ2) is 6.58. The van der Waals surface area contributed by atoms with E-state index in [1.807, 2.05) is 17.5 Å². The van der Waals surface area contributed by atoms with E-state index in [4.69, 9.17) is 0 Å². The molecule has 0 aliphatic rings. The Hall–Kier alpha value is -2.65. The van der Waals surface area contributed by atoms with Crippen molar-refractivity contribution in [2.45, 2.75) is 0 Å². The first-order valence-corrected chi connectivity index (χ1v) is 9.05. The smallest absolute Gasteiger partial charge is 0.276 e. The molecular weight excluding hydrogens is 426 g/mol. The van der Waals surface area contributed by atoms with Crippen molar-refractivity contribution in [1.82, 2.24) is 14.6 Å². The van der Waals surface area contributed by atoms with Crippen molar-refractivity contribution in [1.29, 1.82) is 0 Å². The zero-order valence-corrected chi connectivity index (χ0v) is 15.3. The van der Waals surface area contributed by atoms with Crippen LogP contribution >= 0.6 is 27.3 Å². The highest BCUT2D eigenvalue weighted by Crippen LogP contribution is 2.28. The standard InChI is InChI=1S/C17H9BrF2N4OS/c18-10-6-9(19)7-11(20)16(10)22-17(25)12-8-15-21-4-3-13(24(15)23-12)14-2-1-5-26-14/h1-8H,(H,22,25). The highest BCUT2D eigenvalue weighted by molar-refractivity contribution is 9.10. The maximum Gasteiger partial charge on any atom is 0.276 e. The Balaban J connectivity index is 1.72.